The van der Waals surface area contributed by atoms with Crippen molar-refractivity contribution in [3.8, 4) is 0 Å². The summed E-state index contributed by atoms with van der Waals surface area (Å²) >= 11 is 0. The third kappa shape index (κ3) is 10.9. The molecular weight excluding hydrogens is 388 g/mol. The number of unbranched alkanes of at least 4 members (excludes halogenated alkanes) is 2. The Morgan fingerprint density at radius 3 is 1.42 bits per heavy atom. The van der Waals surface area contributed by atoms with Crippen molar-refractivity contribution < 1.29 is 9.59 Å². The van der Waals surface area contributed by atoms with Crippen LogP contribution in [-0.2, 0) is 22.4 Å². The number of rotatable bonds is 12. The van der Waals surface area contributed by atoms with E-state index in [0.717, 1.165) is 41.8 Å². The molecule has 0 atom stereocenters. The topological polar surface area (TPSA) is 82.9 Å². The molecule has 2 N–H and O–H groups in total. The van der Waals surface area contributed by atoms with Crippen LogP contribution in [0.3, 0.4) is 0 Å². The van der Waals surface area contributed by atoms with E-state index >= 15 is 0 Å². The zero-order valence-electron chi connectivity index (χ0n) is 18.4. The highest BCUT2D eigenvalue weighted by molar-refractivity contribution is 5.86. The average molecular weight is 421 g/mol. The predicted molar refractivity (Wildman–Crippen MR) is 126 cm³/mol. The summed E-state index contributed by atoms with van der Waals surface area (Å²) < 4.78 is 0. The Labute approximate surface area is 184 Å². The lowest BCUT2D eigenvalue weighted by molar-refractivity contribution is -0.121. The number of carbonyl (C=O) groups excluding carboxylic acids is 2. The van der Waals surface area contributed by atoms with Gasteiger partial charge in [-0.25, -0.2) is 10.9 Å². The smallest absolute Gasteiger partial charge is 0.240 e. The molecule has 164 valence electrons. The van der Waals surface area contributed by atoms with Crippen LogP contribution in [0.25, 0.3) is 0 Å². The minimum absolute atomic E-state index is 0.0991. The highest BCUT2D eigenvalue weighted by Gasteiger charge is 2.04. The molecule has 2 rings (SSSR count). The van der Waals surface area contributed by atoms with Gasteiger partial charge in [0.2, 0.25) is 11.8 Å². The van der Waals surface area contributed by atoms with E-state index < -0.39 is 0 Å². The number of nitrogens with zero attached hydrogens (tertiary/aromatic N) is 2. The zero-order valence-corrected chi connectivity index (χ0v) is 18.4. The van der Waals surface area contributed by atoms with Gasteiger partial charge in [0, 0.05) is 37.1 Å². The molecule has 31 heavy (non-hydrogen) atoms. The first-order chi connectivity index (χ1) is 15.0. The van der Waals surface area contributed by atoms with Gasteiger partial charge in [0.25, 0.3) is 0 Å². The average Bonchev–Trinajstić information content (AvgIpc) is 2.77. The minimum Gasteiger partial charge on any atom is -0.273 e. The van der Waals surface area contributed by atoms with Crippen LogP contribution in [0, 0.1) is 0 Å². The van der Waals surface area contributed by atoms with E-state index in [4.69, 9.17) is 0 Å². The molecule has 6 heteroatoms. The highest BCUT2D eigenvalue weighted by atomic mass is 16.2. The van der Waals surface area contributed by atoms with Crippen LogP contribution in [0.4, 0.5) is 0 Å². The Bertz CT molecular complexity index is 803. The Hall–Kier alpha value is -3.28. The van der Waals surface area contributed by atoms with E-state index in [-0.39, 0.29) is 11.8 Å². The quantitative estimate of drug-likeness (QED) is 0.303. The first-order valence-corrected chi connectivity index (χ1v) is 10.7. The fourth-order valence-corrected chi connectivity index (χ4v) is 3.04. The van der Waals surface area contributed by atoms with Crippen molar-refractivity contribution in [2.45, 2.75) is 58.8 Å². The first kappa shape index (κ1) is 24.0. The number of amides is 2. The lowest BCUT2D eigenvalue weighted by Crippen LogP contribution is -2.20. The molecule has 6 nitrogen and oxygen atoms in total. The molecule has 2 aromatic carbocycles. The Morgan fingerprint density at radius 2 is 1.03 bits per heavy atom. The monoisotopic (exact) mass is 420 g/mol. The molecule has 0 aliphatic rings. The highest BCUT2D eigenvalue weighted by Crippen LogP contribution is 2.04. The molecule has 0 saturated heterocycles. The second kappa shape index (κ2) is 13.9. The van der Waals surface area contributed by atoms with E-state index in [0.29, 0.717) is 25.7 Å². The SMILES string of the molecule is C/C(Cc1ccccc1)=N/NC(=O)CCCCCC(=O)N/N=C(\C)Cc1ccccc1. The maximum atomic E-state index is 11.9. The Balaban J connectivity index is 1.54. The second-order valence-electron chi connectivity index (χ2n) is 7.65. The molecule has 0 spiro atoms. The molecule has 0 aliphatic heterocycles. The van der Waals surface area contributed by atoms with Crippen LogP contribution in [0.2, 0.25) is 0 Å². The van der Waals surface area contributed by atoms with Crippen molar-refractivity contribution in [3.05, 3.63) is 71.8 Å². The number of hydrogen-bond acceptors (Lipinski definition) is 4. The largest absolute Gasteiger partial charge is 0.273 e. The van der Waals surface area contributed by atoms with Crippen molar-refractivity contribution in [2.75, 3.05) is 0 Å². The number of benzene rings is 2. The summed E-state index contributed by atoms with van der Waals surface area (Å²) in [7, 11) is 0. The van der Waals surface area contributed by atoms with Gasteiger partial charge in [-0.2, -0.15) is 10.2 Å². The van der Waals surface area contributed by atoms with Crippen molar-refractivity contribution in [1.29, 1.82) is 0 Å². The van der Waals surface area contributed by atoms with Crippen LogP contribution in [0.15, 0.2) is 70.9 Å². The van der Waals surface area contributed by atoms with Gasteiger partial charge in [-0.1, -0.05) is 67.1 Å². The third-order valence-electron chi connectivity index (χ3n) is 4.66. The van der Waals surface area contributed by atoms with Crippen LogP contribution in [0.5, 0.6) is 0 Å². The molecule has 0 bridgehead atoms. The van der Waals surface area contributed by atoms with Gasteiger partial charge < -0.3 is 0 Å². The minimum atomic E-state index is -0.0991. The molecular formula is C25H32N4O2. The summed E-state index contributed by atoms with van der Waals surface area (Å²) in [5, 5.41) is 8.31. The van der Waals surface area contributed by atoms with Gasteiger partial charge in [0.15, 0.2) is 0 Å². The molecule has 0 unspecified atom stereocenters. The molecule has 0 fully saturated rings. The van der Waals surface area contributed by atoms with Crippen LogP contribution >= 0.6 is 0 Å². The molecule has 0 saturated carbocycles. The van der Waals surface area contributed by atoms with Crippen molar-refractivity contribution in [1.82, 2.24) is 10.9 Å². The Morgan fingerprint density at radius 1 is 0.645 bits per heavy atom. The van der Waals surface area contributed by atoms with Crippen LogP contribution in [-0.4, -0.2) is 23.2 Å². The summed E-state index contributed by atoms with van der Waals surface area (Å²) in [6.07, 6.45) is 4.48. The van der Waals surface area contributed by atoms with Gasteiger partial charge in [0.05, 0.1) is 0 Å². The zero-order chi connectivity index (χ0) is 22.3. The van der Waals surface area contributed by atoms with Gasteiger partial charge in [-0.15, -0.1) is 0 Å². The molecule has 0 aliphatic carbocycles. The van der Waals surface area contributed by atoms with Crippen LogP contribution < -0.4 is 10.9 Å². The summed E-state index contributed by atoms with van der Waals surface area (Å²) in [6.45, 7) is 3.80. The summed E-state index contributed by atoms with van der Waals surface area (Å²) in [5.74, 6) is -0.198. The number of hydrazone groups is 2. The summed E-state index contributed by atoms with van der Waals surface area (Å²) in [5.41, 5.74) is 9.26. The lowest BCUT2D eigenvalue weighted by Gasteiger charge is -2.04. The van der Waals surface area contributed by atoms with Crippen LogP contribution in [0.1, 0.15) is 57.1 Å². The van der Waals surface area contributed by atoms with Gasteiger partial charge in [-0.05, 0) is 37.8 Å². The Kier molecular flexibility index (Phi) is 10.7. The number of hydrogen-bond donors (Lipinski definition) is 2. The molecule has 2 aromatic rings. The van der Waals surface area contributed by atoms with Crippen molar-refractivity contribution >= 4 is 23.2 Å². The molecule has 0 aromatic heterocycles. The van der Waals surface area contributed by atoms with Gasteiger partial charge >= 0.3 is 0 Å². The molecule has 2 amide bonds. The van der Waals surface area contributed by atoms with Gasteiger partial charge in [-0.3, -0.25) is 9.59 Å². The molecule has 0 heterocycles. The normalized spacial score (nSPS) is 11.8. The fourth-order valence-electron chi connectivity index (χ4n) is 3.04. The fraction of sp³-hybridized carbons (Fsp3) is 0.360. The van der Waals surface area contributed by atoms with Crippen molar-refractivity contribution in [3.63, 3.8) is 0 Å². The standard InChI is InChI=1S/C25H32N4O2/c1-20(18-22-12-6-3-7-13-22)26-28-24(30)16-10-5-11-17-25(31)29-27-21(2)19-23-14-8-4-9-15-23/h3-4,6-9,12-15H,5,10-11,16-19H2,1-2H3,(H,28,30)(H,29,31)/b26-20-,27-21+. The van der Waals surface area contributed by atoms with E-state index in [1.807, 2.05) is 74.5 Å². The maximum Gasteiger partial charge on any atom is 0.240 e. The third-order valence-corrected chi connectivity index (χ3v) is 4.66. The number of nitrogens with one attached hydrogen (secondary N) is 2. The van der Waals surface area contributed by atoms with Crippen molar-refractivity contribution in [2.24, 2.45) is 10.2 Å². The number of carbonyl (C=O) groups is 2. The van der Waals surface area contributed by atoms with E-state index in [1.54, 1.807) is 0 Å². The molecule has 0 radical (unpaired) electrons. The van der Waals surface area contributed by atoms with E-state index in [2.05, 4.69) is 21.1 Å². The summed E-state index contributed by atoms with van der Waals surface area (Å²) in [4.78, 5) is 23.8. The first-order valence-electron chi connectivity index (χ1n) is 10.7. The van der Waals surface area contributed by atoms with E-state index in [9.17, 15) is 9.59 Å². The maximum absolute atomic E-state index is 11.9. The predicted octanol–water partition coefficient (Wildman–Crippen LogP) is 4.41. The summed E-state index contributed by atoms with van der Waals surface area (Å²) in [6, 6.07) is 20.0. The van der Waals surface area contributed by atoms with Gasteiger partial charge in [0.1, 0.15) is 0 Å². The second-order valence-corrected chi connectivity index (χ2v) is 7.65. The lowest BCUT2D eigenvalue weighted by atomic mass is 10.1. The van der Waals surface area contributed by atoms with E-state index in [1.165, 1.54) is 0 Å².